The Bertz CT molecular complexity index is 905. The third-order valence-electron chi connectivity index (χ3n) is 3.84. The van der Waals surface area contributed by atoms with E-state index in [9.17, 15) is 4.79 Å². The van der Waals surface area contributed by atoms with E-state index in [2.05, 4.69) is 5.32 Å². The van der Waals surface area contributed by atoms with Crippen molar-refractivity contribution in [3.63, 3.8) is 0 Å². The Hall–Kier alpha value is -2.72. The normalized spacial score (nSPS) is 11.8. The van der Waals surface area contributed by atoms with Gasteiger partial charge in [-0.2, -0.15) is 0 Å². The zero-order valence-electron chi connectivity index (χ0n) is 14.0. The lowest BCUT2D eigenvalue weighted by Gasteiger charge is -2.17. The number of nitrogens with one attached hydrogen (secondary N) is 1. The molecule has 0 aliphatic carbocycles. The Balaban J connectivity index is 1.78. The molecular formula is C20H18ClNO3. The van der Waals surface area contributed by atoms with E-state index in [0.29, 0.717) is 22.2 Å². The summed E-state index contributed by atoms with van der Waals surface area (Å²) in [6.07, 6.45) is -0.686. The first kappa shape index (κ1) is 17.1. The molecule has 25 heavy (non-hydrogen) atoms. The van der Waals surface area contributed by atoms with Crippen molar-refractivity contribution >= 4 is 34.0 Å². The molecule has 1 amide bonds. The number of amides is 1. The number of hydrogen-bond donors (Lipinski definition) is 1. The predicted molar refractivity (Wildman–Crippen MR) is 101 cm³/mol. The first-order chi connectivity index (χ1) is 12.1. The molecule has 4 nitrogen and oxygen atoms in total. The molecule has 0 aliphatic rings. The standard InChI is InChI=1S/C20H18ClNO3/c1-13(20(23)22-17-12-15(21)10-11-19(17)24-2)25-18-9-5-7-14-6-3-4-8-16(14)18/h3-13H,1-2H3,(H,22,23)/t13-/m1/s1. The second kappa shape index (κ2) is 7.45. The maximum absolute atomic E-state index is 12.5. The molecule has 128 valence electrons. The third-order valence-corrected chi connectivity index (χ3v) is 4.08. The van der Waals surface area contributed by atoms with Gasteiger partial charge in [-0.1, -0.05) is 48.0 Å². The van der Waals surface area contributed by atoms with Crippen LogP contribution >= 0.6 is 11.6 Å². The van der Waals surface area contributed by atoms with Gasteiger partial charge < -0.3 is 14.8 Å². The van der Waals surface area contributed by atoms with Crippen molar-refractivity contribution < 1.29 is 14.3 Å². The van der Waals surface area contributed by atoms with Gasteiger partial charge in [-0.05, 0) is 36.6 Å². The highest BCUT2D eigenvalue weighted by Crippen LogP contribution is 2.29. The molecule has 0 saturated heterocycles. The molecule has 1 N–H and O–H groups in total. The number of rotatable bonds is 5. The molecule has 0 saturated carbocycles. The fourth-order valence-corrected chi connectivity index (χ4v) is 2.73. The van der Waals surface area contributed by atoms with Gasteiger partial charge in [0.05, 0.1) is 12.8 Å². The first-order valence-electron chi connectivity index (χ1n) is 7.87. The van der Waals surface area contributed by atoms with Crippen LogP contribution in [-0.2, 0) is 4.79 Å². The molecule has 0 heterocycles. The number of benzene rings is 3. The van der Waals surface area contributed by atoms with Crippen LogP contribution < -0.4 is 14.8 Å². The summed E-state index contributed by atoms with van der Waals surface area (Å²) in [7, 11) is 1.54. The lowest BCUT2D eigenvalue weighted by Crippen LogP contribution is -2.30. The average Bonchev–Trinajstić information content (AvgIpc) is 2.62. The van der Waals surface area contributed by atoms with Gasteiger partial charge in [0.25, 0.3) is 5.91 Å². The number of halogens is 1. The van der Waals surface area contributed by atoms with E-state index in [0.717, 1.165) is 10.8 Å². The van der Waals surface area contributed by atoms with Gasteiger partial charge in [0, 0.05) is 10.4 Å². The van der Waals surface area contributed by atoms with Crippen molar-refractivity contribution in [2.24, 2.45) is 0 Å². The minimum Gasteiger partial charge on any atom is -0.495 e. The maximum Gasteiger partial charge on any atom is 0.265 e. The van der Waals surface area contributed by atoms with E-state index in [1.165, 1.54) is 7.11 Å². The van der Waals surface area contributed by atoms with Gasteiger partial charge in [-0.25, -0.2) is 0 Å². The van der Waals surface area contributed by atoms with E-state index < -0.39 is 6.10 Å². The number of fused-ring (bicyclic) bond motifs is 1. The molecule has 0 fully saturated rings. The Morgan fingerprint density at radius 1 is 1.04 bits per heavy atom. The van der Waals surface area contributed by atoms with E-state index >= 15 is 0 Å². The summed E-state index contributed by atoms with van der Waals surface area (Å²) < 4.78 is 11.1. The monoisotopic (exact) mass is 355 g/mol. The summed E-state index contributed by atoms with van der Waals surface area (Å²) in [4.78, 5) is 12.5. The van der Waals surface area contributed by atoms with Gasteiger partial charge in [0.1, 0.15) is 11.5 Å². The summed E-state index contributed by atoms with van der Waals surface area (Å²) >= 11 is 5.99. The van der Waals surface area contributed by atoms with Crippen LogP contribution in [-0.4, -0.2) is 19.1 Å². The van der Waals surface area contributed by atoms with Crippen molar-refractivity contribution in [1.29, 1.82) is 0 Å². The Kier molecular flexibility index (Phi) is 5.10. The third kappa shape index (κ3) is 3.86. The number of hydrogen-bond acceptors (Lipinski definition) is 3. The first-order valence-corrected chi connectivity index (χ1v) is 8.25. The van der Waals surface area contributed by atoms with E-state index in [4.69, 9.17) is 21.1 Å². The van der Waals surface area contributed by atoms with Gasteiger partial charge in [-0.15, -0.1) is 0 Å². The number of ether oxygens (including phenoxy) is 2. The Morgan fingerprint density at radius 3 is 2.60 bits per heavy atom. The van der Waals surface area contributed by atoms with Gasteiger partial charge in [-0.3, -0.25) is 4.79 Å². The van der Waals surface area contributed by atoms with Gasteiger partial charge in [0.2, 0.25) is 0 Å². The van der Waals surface area contributed by atoms with E-state index in [1.54, 1.807) is 25.1 Å². The fraction of sp³-hybridized carbons (Fsp3) is 0.150. The zero-order chi connectivity index (χ0) is 17.8. The minimum absolute atomic E-state index is 0.284. The van der Waals surface area contributed by atoms with Crippen LogP contribution in [0.2, 0.25) is 5.02 Å². The Morgan fingerprint density at radius 2 is 1.80 bits per heavy atom. The van der Waals surface area contributed by atoms with Crippen LogP contribution in [0.5, 0.6) is 11.5 Å². The fourth-order valence-electron chi connectivity index (χ4n) is 2.55. The van der Waals surface area contributed by atoms with Crippen LogP contribution in [0, 0.1) is 0 Å². The molecule has 0 aromatic heterocycles. The number of carbonyl (C=O) groups is 1. The van der Waals surface area contributed by atoms with Gasteiger partial charge >= 0.3 is 0 Å². The van der Waals surface area contributed by atoms with E-state index in [-0.39, 0.29) is 5.91 Å². The predicted octanol–water partition coefficient (Wildman–Crippen LogP) is 4.91. The summed E-state index contributed by atoms with van der Waals surface area (Å²) in [5.41, 5.74) is 0.508. The highest BCUT2D eigenvalue weighted by Gasteiger charge is 2.18. The zero-order valence-corrected chi connectivity index (χ0v) is 14.7. The molecule has 0 bridgehead atoms. The molecule has 3 aromatic carbocycles. The topological polar surface area (TPSA) is 47.6 Å². The van der Waals surface area contributed by atoms with Crippen molar-refractivity contribution in [2.45, 2.75) is 13.0 Å². The quantitative estimate of drug-likeness (QED) is 0.707. The minimum atomic E-state index is -0.686. The largest absolute Gasteiger partial charge is 0.495 e. The highest BCUT2D eigenvalue weighted by molar-refractivity contribution is 6.31. The molecular weight excluding hydrogens is 338 g/mol. The molecule has 5 heteroatoms. The summed E-state index contributed by atoms with van der Waals surface area (Å²) in [6, 6.07) is 18.7. The van der Waals surface area contributed by atoms with Crippen LogP contribution in [0.1, 0.15) is 6.92 Å². The second-order valence-corrected chi connectivity index (χ2v) is 6.01. The van der Waals surface area contributed by atoms with Crippen LogP contribution in [0.3, 0.4) is 0 Å². The molecule has 0 spiro atoms. The van der Waals surface area contributed by atoms with Crippen molar-refractivity contribution in [3.05, 3.63) is 65.7 Å². The van der Waals surface area contributed by atoms with Crippen LogP contribution in [0.4, 0.5) is 5.69 Å². The lowest BCUT2D eigenvalue weighted by molar-refractivity contribution is -0.122. The number of anilines is 1. The molecule has 0 aliphatic heterocycles. The smallest absolute Gasteiger partial charge is 0.265 e. The summed E-state index contributed by atoms with van der Waals surface area (Å²) in [5.74, 6) is 0.919. The number of methoxy groups -OCH3 is 1. The van der Waals surface area contributed by atoms with E-state index in [1.807, 2.05) is 42.5 Å². The Labute approximate surface area is 151 Å². The van der Waals surface area contributed by atoms with Crippen molar-refractivity contribution in [3.8, 4) is 11.5 Å². The highest BCUT2D eigenvalue weighted by atomic mass is 35.5. The van der Waals surface area contributed by atoms with Crippen molar-refractivity contribution in [1.82, 2.24) is 0 Å². The molecule has 0 unspecified atom stereocenters. The molecule has 3 aromatic rings. The molecule has 1 atom stereocenters. The van der Waals surface area contributed by atoms with Crippen LogP contribution in [0.25, 0.3) is 10.8 Å². The summed E-state index contributed by atoms with van der Waals surface area (Å²) in [5, 5.41) is 5.33. The SMILES string of the molecule is COc1ccc(Cl)cc1NC(=O)[C@@H](C)Oc1cccc2ccccc12. The van der Waals surface area contributed by atoms with Crippen molar-refractivity contribution in [2.75, 3.05) is 12.4 Å². The number of carbonyl (C=O) groups excluding carboxylic acids is 1. The second-order valence-electron chi connectivity index (χ2n) is 5.57. The average molecular weight is 356 g/mol. The summed E-state index contributed by atoms with van der Waals surface area (Å²) in [6.45, 7) is 1.70. The van der Waals surface area contributed by atoms with Crippen LogP contribution in [0.15, 0.2) is 60.7 Å². The molecule has 3 rings (SSSR count). The molecule has 0 radical (unpaired) electrons. The maximum atomic E-state index is 12.5. The lowest BCUT2D eigenvalue weighted by atomic mass is 10.1. The van der Waals surface area contributed by atoms with Gasteiger partial charge in [0.15, 0.2) is 6.10 Å².